The molecule has 0 aromatic heterocycles. The molecule has 12 heteroatoms. The first-order valence-electron chi connectivity index (χ1n) is 27.2. The van der Waals surface area contributed by atoms with Crippen LogP contribution in [-0.4, -0.2) is 89.2 Å². The molecule has 1 rings (SSSR count). The van der Waals surface area contributed by atoms with Gasteiger partial charge in [0.1, 0.15) is 18.8 Å². The summed E-state index contributed by atoms with van der Waals surface area (Å²) in [7, 11) is 0. The van der Waals surface area contributed by atoms with Gasteiger partial charge >= 0.3 is 23.9 Å². The van der Waals surface area contributed by atoms with E-state index >= 15 is 0 Å². The second-order valence-corrected chi connectivity index (χ2v) is 17.8. The molecule has 1 aliphatic rings. The normalized spacial score (nSPS) is 19.4. The first kappa shape index (κ1) is 65.9. The van der Waals surface area contributed by atoms with Gasteiger partial charge in [-0.3, -0.25) is 14.4 Å². The van der Waals surface area contributed by atoms with E-state index in [9.17, 15) is 34.5 Å². The van der Waals surface area contributed by atoms with Gasteiger partial charge in [0.15, 0.2) is 24.6 Å². The molecule has 0 spiro atoms. The smallest absolute Gasteiger partial charge is 0.335 e. The van der Waals surface area contributed by atoms with Gasteiger partial charge in [0.2, 0.25) is 0 Å². The minimum Gasteiger partial charge on any atom is -0.479 e. The van der Waals surface area contributed by atoms with Gasteiger partial charge in [-0.25, -0.2) is 4.79 Å². The van der Waals surface area contributed by atoms with E-state index in [2.05, 4.69) is 112 Å². The Balaban J connectivity index is 2.84. The van der Waals surface area contributed by atoms with Crippen LogP contribution in [0.1, 0.15) is 175 Å². The number of esters is 3. The maximum absolute atomic E-state index is 13.1. The van der Waals surface area contributed by atoms with Crippen LogP contribution in [0.25, 0.3) is 0 Å². The Bertz CT molecular complexity index is 1780. The summed E-state index contributed by atoms with van der Waals surface area (Å²) in [5, 5.41) is 31.3. The van der Waals surface area contributed by atoms with Crippen LogP contribution in [0.5, 0.6) is 0 Å². The second kappa shape index (κ2) is 47.8. The summed E-state index contributed by atoms with van der Waals surface area (Å²) in [6, 6.07) is 0. The molecule has 0 saturated carbocycles. The van der Waals surface area contributed by atoms with Crippen molar-refractivity contribution in [2.75, 3.05) is 13.2 Å². The Labute approximate surface area is 439 Å². The maximum atomic E-state index is 13.1. The largest absolute Gasteiger partial charge is 0.479 e. The summed E-state index contributed by atoms with van der Waals surface area (Å²) < 4.78 is 28.1. The van der Waals surface area contributed by atoms with Crippen LogP contribution in [0.4, 0.5) is 0 Å². The van der Waals surface area contributed by atoms with E-state index in [0.29, 0.717) is 25.7 Å². The molecule has 0 amide bonds. The summed E-state index contributed by atoms with van der Waals surface area (Å²) in [4.78, 5) is 50.9. The van der Waals surface area contributed by atoms with Crippen molar-refractivity contribution in [1.29, 1.82) is 0 Å². The van der Waals surface area contributed by atoms with E-state index in [1.165, 1.54) is 19.3 Å². The van der Waals surface area contributed by atoms with E-state index in [-0.39, 0.29) is 19.3 Å². The fraction of sp³-hybridized carbons (Fsp3) is 0.574. The molecule has 0 radical (unpaired) electrons. The third kappa shape index (κ3) is 38.2. The second-order valence-electron chi connectivity index (χ2n) is 17.8. The third-order valence-corrected chi connectivity index (χ3v) is 11.2. The Morgan fingerprint density at radius 3 is 1.44 bits per heavy atom. The minimum absolute atomic E-state index is 0.0317. The lowest BCUT2D eigenvalue weighted by Crippen LogP contribution is -2.61. The molecule has 3 N–H and O–H groups in total. The van der Waals surface area contributed by atoms with Crippen molar-refractivity contribution in [1.82, 2.24) is 0 Å². The number of aliphatic carboxylic acids is 1. The lowest BCUT2D eigenvalue weighted by atomic mass is 9.98. The number of carboxylic acids is 1. The molecule has 6 atom stereocenters. The predicted molar refractivity (Wildman–Crippen MR) is 293 cm³/mol. The van der Waals surface area contributed by atoms with Crippen LogP contribution < -0.4 is 0 Å². The van der Waals surface area contributed by atoms with Gasteiger partial charge in [-0.05, 0) is 103 Å². The highest BCUT2D eigenvalue weighted by Gasteiger charge is 2.50. The van der Waals surface area contributed by atoms with E-state index < -0.39 is 73.9 Å². The number of allylic oxidation sites excluding steroid dienone is 21. The molecule has 1 heterocycles. The third-order valence-electron chi connectivity index (χ3n) is 11.2. The molecule has 0 bridgehead atoms. The first-order chi connectivity index (χ1) is 35.6. The van der Waals surface area contributed by atoms with Crippen molar-refractivity contribution in [2.24, 2.45) is 0 Å². The number of carbonyl (C=O) groups excluding carboxylic acids is 3. The van der Waals surface area contributed by atoms with Crippen LogP contribution >= 0.6 is 0 Å². The topological polar surface area (TPSA) is 175 Å². The number of ether oxygens (including phenoxy) is 5. The Morgan fingerprint density at radius 1 is 0.479 bits per heavy atom. The highest BCUT2D eigenvalue weighted by atomic mass is 16.7. The highest BCUT2D eigenvalue weighted by Crippen LogP contribution is 2.26. The van der Waals surface area contributed by atoms with Gasteiger partial charge in [-0.15, -0.1) is 0 Å². The number of rotatable bonds is 43. The molecular weight excluding hydrogens is 925 g/mol. The van der Waals surface area contributed by atoms with Crippen LogP contribution in [0, 0.1) is 0 Å². The Kier molecular flexibility index (Phi) is 43.2. The number of aliphatic hydroxyl groups is 2. The van der Waals surface area contributed by atoms with Crippen molar-refractivity contribution >= 4 is 23.9 Å². The molecule has 12 nitrogen and oxygen atoms in total. The summed E-state index contributed by atoms with van der Waals surface area (Å²) in [6.45, 7) is 5.56. The zero-order valence-corrected chi connectivity index (χ0v) is 44.6. The number of hydrogen-bond acceptors (Lipinski definition) is 11. The molecule has 0 aromatic carbocycles. The molecule has 0 aromatic rings. The van der Waals surface area contributed by atoms with Crippen molar-refractivity contribution in [2.45, 2.75) is 212 Å². The van der Waals surface area contributed by atoms with Crippen LogP contribution in [0.2, 0.25) is 0 Å². The molecule has 1 aliphatic heterocycles. The number of unbranched alkanes of at least 4 members (excludes halogenated alkanes) is 8. The lowest BCUT2D eigenvalue weighted by Gasteiger charge is -2.40. The van der Waals surface area contributed by atoms with Crippen LogP contribution in [-0.2, 0) is 42.9 Å². The molecule has 408 valence electrons. The predicted octanol–water partition coefficient (Wildman–Crippen LogP) is 13.4. The molecular formula is C61H92O12. The van der Waals surface area contributed by atoms with Crippen molar-refractivity contribution < 1.29 is 58.2 Å². The van der Waals surface area contributed by atoms with E-state index in [4.69, 9.17) is 23.7 Å². The Morgan fingerprint density at radius 2 is 0.932 bits per heavy atom. The van der Waals surface area contributed by atoms with Crippen LogP contribution in [0.15, 0.2) is 134 Å². The fourth-order valence-corrected chi connectivity index (χ4v) is 7.13. The summed E-state index contributed by atoms with van der Waals surface area (Å²) >= 11 is 0. The van der Waals surface area contributed by atoms with Crippen molar-refractivity contribution in [3.8, 4) is 0 Å². The van der Waals surface area contributed by atoms with E-state index in [0.717, 1.165) is 89.9 Å². The number of hydrogen-bond donors (Lipinski definition) is 3. The fourth-order valence-electron chi connectivity index (χ4n) is 7.13. The molecule has 1 saturated heterocycles. The highest BCUT2D eigenvalue weighted by molar-refractivity contribution is 5.74. The van der Waals surface area contributed by atoms with Crippen LogP contribution in [0.3, 0.4) is 0 Å². The van der Waals surface area contributed by atoms with E-state index in [1.54, 1.807) is 6.08 Å². The zero-order chi connectivity index (χ0) is 53.3. The summed E-state index contributed by atoms with van der Waals surface area (Å²) in [5.41, 5.74) is 0. The summed E-state index contributed by atoms with van der Waals surface area (Å²) in [5.74, 6) is -3.44. The monoisotopic (exact) mass is 1020 g/mol. The average molecular weight is 1020 g/mol. The quantitative estimate of drug-likeness (QED) is 0.0228. The van der Waals surface area contributed by atoms with Crippen molar-refractivity contribution in [3.05, 3.63) is 134 Å². The van der Waals surface area contributed by atoms with Gasteiger partial charge < -0.3 is 39.0 Å². The van der Waals surface area contributed by atoms with Gasteiger partial charge in [-0.2, -0.15) is 0 Å². The lowest BCUT2D eigenvalue weighted by molar-refractivity contribution is -0.301. The molecule has 6 unspecified atom stereocenters. The standard InChI is InChI=1S/C61H92O12/c1-4-7-10-13-16-19-22-25-27-30-32-35-38-41-44-47-53(62)69-50-52(71-54(63)48-45-42-39-36-34-31-28-26-23-20-17-14-11-8-5-2)51-70-61-59(57(66)56(65)58(73-61)60(67)68)72-55(64)49-46-43-40-37-33-29-24-21-18-15-12-9-6-3/h7,9-10,12,16-21,25-29,32-33,35,40-41,43-44,52,56-59,61,65-66H,4-6,8,11,13-15,22-24,30-31,34,36-39,42,45-51H2,1-3H3,(H,67,68)/b10-7-,12-9-,19-16-,20-17-,21-18-,27-25-,28-26-,33-29-,35-32-,43-40-,44-41-. The van der Waals surface area contributed by atoms with Crippen molar-refractivity contribution in [3.63, 3.8) is 0 Å². The first-order valence-corrected chi connectivity index (χ1v) is 27.2. The summed E-state index contributed by atoms with van der Waals surface area (Å²) in [6.07, 6.45) is 54.7. The number of carboxylic acid groups (broad SMARTS) is 1. The van der Waals surface area contributed by atoms with Gasteiger partial charge in [0.25, 0.3) is 0 Å². The zero-order valence-electron chi connectivity index (χ0n) is 44.6. The SMILES string of the molecule is CC/C=C\C/C=C\C/C=C\C/C=C\C/C=C\CC(=O)OCC(COC1OC(C(=O)O)C(O)C(O)C1OC(=O)CC/C=C\C/C=C\C/C=C\C/C=C\CC)OC(=O)CCCCCCC/C=C\C/C=C\CCCCC. The maximum Gasteiger partial charge on any atom is 0.335 e. The molecule has 1 fully saturated rings. The van der Waals surface area contributed by atoms with Gasteiger partial charge in [-0.1, -0.05) is 187 Å². The minimum atomic E-state index is -1.95. The Hall–Kier alpha value is -5.14. The molecule has 73 heavy (non-hydrogen) atoms. The average Bonchev–Trinajstić information content (AvgIpc) is 3.37. The number of carbonyl (C=O) groups is 4. The molecule has 0 aliphatic carbocycles. The van der Waals surface area contributed by atoms with E-state index in [1.807, 2.05) is 36.5 Å². The van der Waals surface area contributed by atoms with Gasteiger partial charge in [0.05, 0.1) is 13.0 Å². The van der Waals surface area contributed by atoms with Gasteiger partial charge in [0, 0.05) is 12.8 Å². The number of aliphatic hydroxyl groups excluding tert-OH is 2.